The Morgan fingerprint density at radius 2 is 2.00 bits per heavy atom. The molecular formula is C13H21NO5. The van der Waals surface area contributed by atoms with Crippen molar-refractivity contribution in [1.29, 1.82) is 0 Å². The number of epoxide rings is 1. The van der Waals surface area contributed by atoms with Gasteiger partial charge < -0.3 is 14.2 Å². The zero-order valence-corrected chi connectivity index (χ0v) is 11.4. The largest absolute Gasteiger partial charge is 0.462 e. The summed E-state index contributed by atoms with van der Waals surface area (Å²) in [5, 5.41) is 3.13. The van der Waals surface area contributed by atoms with Crippen molar-refractivity contribution in [3.05, 3.63) is 12.2 Å². The molecule has 0 spiro atoms. The molecule has 1 aliphatic rings. The minimum Gasteiger partial charge on any atom is -0.462 e. The van der Waals surface area contributed by atoms with Gasteiger partial charge in [-0.15, -0.1) is 0 Å². The average Bonchev–Trinajstić information content (AvgIpc) is 3.10. The molecule has 19 heavy (non-hydrogen) atoms. The van der Waals surface area contributed by atoms with Crippen molar-refractivity contribution < 1.29 is 23.8 Å². The first-order valence-electron chi connectivity index (χ1n) is 6.41. The van der Waals surface area contributed by atoms with Gasteiger partial charge in [-0.25, -0.2) is 4.79 Å². The van der Waals surface area contributed by atoms with Crippen LogP contribution in [0, 0.1) is 0 Å². The molecule has 1 rings (SSSR count). The Morgan fingerprint density at radius 3 is 2.63 bits per heavy atom. The van der Waals surface area contributed by atoms with E-state index in [4.69, 9.17) is 14.2 Å². The molecule has 0 amide bonds. The fourth-order valence-corrected chi connectivity index (χ4v) is 1.49. The van der Waals surface area contributed by atoms with E-state index >= 15 is 0 Å². The molecule has 0 radical (unpaired) electrons. The second-order valence-corrected chi connectivity index (χ2v) is 4.33. The number of hydrogen-bond donors (Lipinski definition) is 1. The van der Waals surface area contributed by atoms with Gasteiger partial charge in [-0.1, -0.05) is 13.5 Å². The summed E-state index contributed by atoms with van der Waals surface area (Å²) < 4.78 is 15.0. The minimum absolute atomic E-state index is 0.0530. The lowest BCUT2D eigenvalue weighted by atomic mass is 10.2. The Bertz CT molecular complexity index is 342. The van der Waals surface area contributed by atoms with Crippen molar-refractivity contribution in [2.75, 3.05) is 19.8 Å². The molecule has 2 atom stereocenters. The number of hydrogen-bond acceptors (Lipinski definition) is 6. The van der Waals surface area contributed by atoms with E-state index in [2.05, 4.69) is 11.9 Å². The third-order valence-electron chi connectivity index (χ3n) is 2.55. The van der Waals surface area contributed by atoms with Gasteiger partial charge >= 0.3 is 11.9 Å². The number of carbonyl (C=O) groups is 2. The van der Waals surface area contributed by atoms with Gasteiger partial charge in [0.1, 0.15) is 19.4 Å². The Morgan fingerprint density at radius 1 is 1.32 bits per heavy atom. The molecule has 0 aromatic rings. The van der Waals surface area contributed by atoms with Crippen LogP contribution in [0.2, 0.25) is 0 Å². The summed E-state index contributed by atoms with van der Waals surface area (Å²) >= 11 is 0. The standard InChI is InChI=1S/C13H21NO5/c1-4-14-12-10(19-12)5-6-11(15)17-7-8-18-13(16)9(2)3/h10,12,14H,2,4-8H2,1,3H3/t10-,12?/m1/s1. The predicted molar refractivity (Wildman–Crippen MR) is 68.3 cm³/mol. The summed E-state index contributed by atoms with van der Waals surface area (Å²) in [5.74, 6) is -0.784. The number of ether oxygens (including phenoxy) is 3. The normalized spacial score (nSPS) is 20.7. The van der Waals surface area contributed by atoms with Crippen molar-refractivity contribution in [1.82, 2.24) is 5.32 Å². The summed E-state index contributed by atoms with van der Waals surface area (Å²) in [6.07, 6.45) is 1.13. The predicted octanol–water partition coefficient (Wildman–Crippen LogP) is 0.763. The van der Waals surface area contributed by atoms with E-state index in [0.717, 1.165) is 6.54 Å². The highest BCUT2D eigenvalue weighted by Gasteiger charge is 2.37. The van der Waals surface area contributed by atoms with E-state index in [0.29, 0.717) is 18.4 Å². The van der Waals surface area contributed by atoms with Crippen LogP contribution in [0.1, 0.15) is 26.7 Å². The maximum Gasteiger partial charge on any atom is 0.333 e. The number of likely N-dealkylation sites (N-methyl/N-ethyl adjacent to an activating group) is 1. The fraction of sp³-hybridized carbons (Fsp3) is 0.692. The van der Waals surface area contributed by atoms with E-state index in [1.165, 1.54) is 0 Å². The lowest BCUT2D eigenvalue weighted by molar-refractivity contribution is -0.150. The van der Waals surface area contributed by atoms with Crippen LogP contribution in [-0.2, 0) is 23.8 Å². The highest BCUT2D eigenvalue weighted by Crippen LogP contribution is 2.23. The SMILES string of the molecule is C=C(C)C(=O)OCCOC(=O)CC[C@H]1OC1NCC. The third-order valence-corrected chi connectivity index (χ3v) is 2.55. The van der Waals surface area contributed by atoms with E-state index in [9.17, 15) is 9.59 Å². The van der Waals surface area contributed by atoms with E-state index in [1.54, 1.807) is 6.92 Å². The lowest BCUT2D eigenvalue weighted by Gasteiger charge is -2.05. The van der Waals surface area contributed by atoms with Crippen molar-refractivity contribution in [3.63, 3.8) is 0 Å². The molecule has 6 nitrogen and oxygen atoms in total. The molecule has 0 bridgehead atoms. The van der Waals surface area contributed by atoms with Gasteiger partial charge in [-0.05, 0) is 19.9 Å². The Balaban J connectivity index is 1.97. The molecule has 0 aliphatic carbocycles. The maximum atomic E-state index is 11.4. The van der Waals surface area contributed by atoms with Crippen LogP contribution in [0.4, 0.5) is 0 Å². The molecule has 0 saturated carbocycles. The topological polar surface area (TPSA) is 77.2 Å². The molecular weight excluding hydrogens is 250 g/mol. The van der Waals surface area contributed by atoms with E-state index in [1.807, 2.05) is 6.92 Å². The molecule has 6 heteroatoms. The van der Waals surface area contributed by atoms with Gasteiger partial charge in [0, 0.05) is 12.0 Å². The monoisotopic (exact) mass is 271 g/mol. The number of nitrogens with one attached hydrogen (secondary N) is 1. The van der Waals surface area contributed by atoms with Gasteiger partial charge in [0.05, 0.1) is 6.10 Å². The third kappa shape index (κ3) is 6.35. The quantitative estimate of drug-likeness (QED) is 0.289. The minimum atomic E-state index is -0.476. The van der Waals surface area contributed by atoms with Crippen LogP contribution in [0.15, 0.2) is 12.2 Å². The van der Waals surface area contributed by atoms with Gasteiger partial charge in [0.15, 0.2) is 0 Å². The summed E-state index contributed by atoms with van der Waals surface area (Å²) in [7, 11) is 0. The Labute approximate surface area is 113 Å². The van der Waals surface area contributed by atoms with Crippen molar-refractivity contribution in [2.45, 2.75) is 39.0 Å². The molecule has 1 aliphatic heterocycles. The van der Waals surface area contributed by atoms with Crippen molar-refractivity contribution in [3.8, 4) is 0 Å². The maximum absolute atomic E-state index is 11.4. The van der Waals surface area contributed by atoms with Crippen LogP contribution < -0.4 is 5.32 Å². The van der Waals surface area contributed by atoms with Gasteiger partial charge in [0.25, 0.3) is 0 Å². The summed E-state index contributed by atoms with van der Waals surface area (Å²) in [5.41, 5.74) is 0.326. The first-order valence-corrected chi connectivity index (χ1v) is 6.41. The Kier molecular flexibility index (Phi) is 6.52. The van der Waals surface area contributed by atoms with Crippen molar-refractivity contribution >= 4 is 11.9 Å². The number of esters is 2. The lowest BCUT2D eigenvalue weighted by Crippen LogP contribution is -2.19. The highest BCUT2D eigenvalue weighted by molar-refractivity contribution is 5.86. The number of rotatable bonds is 9. The summed E-state index contributed by atoms with van der Waals surface area (Å²) in [4.78, 5) is 22.4. The van der Waals surface area contributed by atoms with Gasteiger partial charge in [0.2, 0.25) is 0 Å². The zero-order valence-electron chi connectivity index (χ0n) is 11.4. The number of carbonyl (C=O) groups excluding carboxylic acids is 2. The van der Waals surface area contributed by atoms with Gasteiger partial charge in [-0.2, -0.15) is 0 Å². The second-order valence-electron chi connectivity index (χ2n) is 4.33. The molecule has 0 aromatic carbocycles. The first-order chi connectivity index (χ1) is 9.04. The molecule has 1 saturated heterocycles. The molecule has 0 aromatic heterocycles. The van der Waals surface area contributed by atoms with Crippen LogP contribution in [0.25, 0.3) is 0 Å². The molecule has 1 N–H and O–H groups in total. The molecule has 108 valence electrons. The molecule has 1 heterocycles. The fourth-order valence-electron chi connectivity index (χ4n) is 1.49. The van der Waals surface area contributed by atoms with Gasteiger partial charge in [-0.3, -0.25) is 10.1 Å². The summed E-state index contributed by atoms with van der Waals surface area (Å²) in [6, 6.07) is 0. The Hall–Kier alpha value is -1.40. The van der Waals surface area contributed by atoms with Crippen molar-refractivity contribution in [2.24, 2.45) is 0 Å². The zero-order chi connectivity index (χ0) is 14.3. The average molecular weight is 271 g/mol. The van der Waals surface area contributed by atoms with E-state index in [-0.39, 0.29) is 31.5 Å². The van der Waals surface area contributed by atoms with Crippen LogP contribution in [0.5, 0.6) is 0 Å². The summed E-state index contributed by atoms with van der Waals surface area (Å²) in [6.45, 7) is 7.97. The molecule has 1 unspecified atom stereocenters. The smallest absolute Gasteiger partial charge is 0.333 e. The van der Waals surface area contributed by atoms with Crippen LogP contribution >= 0.6 is 0 Å². The first kappa shape index (κ1) is 15.7. The van der Waals surface area contributed by atoms with Crippen LogP contribution in [0.3, 0.4) is 0 Å². The highest BCUT2D eigenvalue weighted by atomic mass is 16.6. The van der Waals surface area contributed by atoms with E-state index < -0.39 is 5.97 Å². The second kappa shape index (κ2) is 7.91. The molecule has 1 fully saturated rings. The van der Waals surface area contributed by atoms with Crippen LogP contribution in [-0.4, -0.2) is 44.0 Å².